The number of fused-ring (bicyclic) bond motifs is 2. The maximum absolute atomic E-state index is 13.4. The molecule has 0 saturated carbocycles. The van der Waals surface area contributed by atoms with E-state index in [0.29, 0.717) is 0 Å². The van der Waals surface area contributed by atoms with Gasteiger partial charge < -0.3 is 4.90 Å². The zero-order valence-corrected chi connectivity index (χ0v) is 18.9. The first-order valence-electron chi connectivity index (χ1n) is 10.3. The molecule has 1 aromatic heterocycles. The summed E-state index contributed by atoms with van der Waals surface area (Å²) in [6.07, 6.45) is 2.04. The number of benzene rings is 3. The highest BCUT2D eigenvalue weighted by Gasteiger charge is 2.42. The Kier molecular flexibility index (Phi) is 4.76. The summed E-state index contributed by atoms with van der Waals surface area (Å²) in [7, 11) is 6.10. The molecule has 1 amide bonds. The number of aromatic nitrogens is 1. The molecule has 0 radical (unpaired) electrons. The maximum atomic E-state index is 13.4. The van der Waals surface area contributed by atoms with Crippen molar-refractivity contribution >= 4 is 55.1 Å². The highest BCUT2D eigenvalue weighted by atomic mass is 32.1. The van der Waals surface area contributed by atoms with Gasteiger partial charge in [0, 0.05) is 25.2 Å². The third-order valence-corrected chi connectivity index (χ3v) is 7.08. The third kappa shape index (κ3) is 3.19. The normalized spacial score (nSPS) is 17.9. The lowest BCUT2D eigenvalue weighted by Crippen LogP contribution is -2.44. The summed E-state index contributed by atoms with van der Waals surface area (Å²) >= 11 is 1.62. The highest BCUT2D eigenvalue weighted by Crippen LogP contribution is 2.33. The topological polar surface area (TPSA) is 39.5 Å². The molecule has 5 rings (SSSR count). The minimum atomic E-state index is -0.0787. The number of hydrogen-bond acceptors (Lipinski definition) is 4. The molecule has 1 N–H and O–H groups in total. The first kappa shape index (κ1) is 19.7. The van der Waals surface area contributed by atoms with Gasteiger partial charge in [-0.2, -0.15) is 0 Å². The van der Waals surface area contributed by atoms with Crippen molar-refractivity contribution in [2.45, 2.75) is 13.0 Å². The zero-order chi connectivity index (χ0) is 21.7. The van der Waals surface area contributed by atoms with Gasteiger partial charge in [-0.05, 0) is 53.5 Å². The molecule has 156 valence electrons. The van der Waals surface area contributed by atoms with E-state index in [0.717, 1.165) is 31.9 Å². The standard InChI is InChI=1S/C25H25N4OS/c1-16-20(15-17-13-14-21(27(2)3)19-10-6-5-9-18(17)19)24(30)29(26-16)25-28(4)22-11-7-8-12-23(22)31-25/h5-16,26H,1-4H3/q+1. The van der Waals surface area contributed by atoms with Crippen molar-refractivity contribution < 1.29 is 9.36 Å². The van der Waals surface area contributed by atoms with Gasteiger partial charge in [0.2, 0.25) is 0 Å². The predicted molar refractivity (Wildman–Crippen MR) is 129 cm³/mol. The largest absolute Gasteiger partial charge is 0.377 e. The molecule has 0 spiro atoms. The van der Waals surface area contributed by atoms with Crippen LogP contribution in [-0.2, 0) is 11.8 Å². The Morgan fingerprint density at radius 3 is 2.48 bits per heavy atom. The van der Waals surface area contributed by atoms with Gasteiger partial charge in [-0.15, -0.1) is 5.43 Å². The van der Waals surface area contributed by atoms with Crippen LogP contribution in [0.1, 0.15) is 12.5 Å². The highest BCUT2D eigenvalue weighted by molar-refractivity contribution is 7.21. The van der Waals surface area contributed by atoms with E-state index >= 15 is 0 Å². The minimum absolute atomic E-state index is 0.00424. The molecular formula is C25H25N4OS+. The Hall–Kier alpha value is -3.22. The van der Waals surface area contributed by atoms with Crippen molar-refractivity contribution in [1.29, 1.82) is 0 Å². The quantitative estimate of drug-likeness (QED) is 0.391. The van der Waals surface area contributed by atoms with Gasteiger partial charge in [-0.1, -0.05) is 47.5 Å². The maximum Gasteiger partial charge on any atom is 0.363 e. The minimum Gasteiger partial charge on any atom is -0.377 e. The lowest BCUT2D eigenvalue weighted by atomic mass is 9.99. The second-order valence-corrected chi connectivity index (χ2v) is 9.13. The van der Waals surface area contributed by atoms with Crippen molar-refractivity contribution in [3.8, 4) is 0 Å². The molecule has 0 aliphatic carbocycles. The Labute approximate surface area is 185 Å². The lowest BCUT2D eigenvalue weighted by molar-refractivity contribution is -0.628. The molecule has 5 nitrogen and oxygen atoms in total. The number of nitrogens with zero attached hydrogens (tertiary/aromatic N) is 3. The molecule has 0 bridgehead atoms. The van der Waals surface area contributed by atoms with Crippen LogP contribution in [0.2, 0.25) is 0 Å². The summed E-state index contributed by atoms with van der Waals surface area (Å²) in [5, 5.41) is 4.90. The van der Waals surface area contributed by atoms with Gasteiger partial charge in [0.25, 0.3) is 0 Å². The van der Waals surface area contributed by atoms with E-state index in [4.69, 9.17) is 0 Å². The fraction of sp³-hybridized carbons (Fsp3) is 0.200. The number of carbonyl (C=O) groups excluding carboxylic acids is 1. The molecule has 31 heavy (non-hydrogen) atoms. The summed E-state index contributed by atoms with van der Waals surface area (Å²) in [5.74, 6) is -0.00424. The van der Waals surface area contributed by atoms with E-state index in [9.17, 15) is 4.79 Å². The number of nitrogens with one attached hydrogen (secondary N) is 1. The van der Waals surface area contributed by atoms with Crippen LogP contribution in [0.3, 0.4) is 0 Å². The van der Waals surface area contributed by atoms with E-state index in [1.54, 1.807) is 16.3 Å². The van der Waals surface area contributed by atoms with Crippen LogP contribution in [0, 0.1) is 0 Å². The number of hydrazine groups is 1. The molecule has 6 heteroatoms. The lowest BCUT2D eigenvalue weighted by Gasteiger charge is -2.16. The average molecular weight is 430 g/mol. The van der Waals surface area contributed by atoms with Crippen LogP contribution >= 0.6 is 11.3 Å². The Morgan fingerprint density at radius 1 is 1.03 bits per heavy atom. The number of amides is 1. The van der Waals surface area contributed by atoms with E-state index in [1.807, 2.05) is 38.2 Å². The number of para-hydroxylation sites is 1. The van der Waals surface area contributed by atoms with E-state index in [1.165, 1.54) is 11.1 Å². The third-order valence-electron chi connectivity index (χ3n) is 5.87. The van der Waals surface area contributed by atoms with Crippen LogP contribution in [0.25, 0.3) is 27.1 Å². The molecular weight excluding hydrogens is 404 g/mol. The smallest absolute Gasteiger partial charge is 0.363 e. The Morgan fingerprint density at radius 2 is 1.74 bits per heavy atom. The Bertz CT molecular complexity index is 1350. The van der Waals surface area contributed by atoms with Gasteiger partial charge in [0.15, 0.2) is 0 Å². The van der Waals surface area contributed by atoms with Gasteiger partial charge in [-0.25, -0.2) is 9.36 Å². The summed E-state index contributed by atoms with van der Waals surface area (Å²) < 4.78 is 3.23. The monoisotopic (exact) mass is 429 g/mol. The van der Waals surface area contributed by atoms with Gasteiger partial charge >= 0.3 is 11.0 Å². The number of hydrogen-bond donors (Lipinski definition) is 1. The molecule has 1 unspecified atom stereocenters. The zero-order valence-electron chi connectivity index (χ0n) is 18.1. The second-order valence-electron chi connectivity index (χ2n) is 8.12. The average Bonchev–Trinajstić information content (AvgIpc) is 3.25. The number of rotatable bonds is 3. The van der Waals surface area contributed by atoms with Crippen LogP contribution in [0.4, 0.5) is 10.8 Å². The SMILES string of the molecule is CC1NN(c2sc3ccccc3[n+]2C)C(=O)C1=Cc1ccc(N(C)C)c2ccccc12. The van der Waals surface area contributed by atoms with Crippen molar-refractivity contribution in [2.24, 2.45) is 7.05 Å². The molecule has 3 aromatic carbocycles. The van der Waals surface area contributed by atoms with Crippen molar-refractivity contribution in [3.05, 3.63) is 71.8 Å². The summed E-state index contributed by atoms with van der Waals surface area (Å²) in [5.41, 5.74) is 7.47. The molecule has 4 aromatic rings. The molecule has 1 aliphatic heterocycles. The predicted octanol–water partition coefficient (Wildman–Crippen LogP) is 4.27. The number of anilines is 2. The number of aryl methyl sites for hydroxylation is 1. The van der Waals surface area contributed by atoms with Gasteiger partial charge in [-0.3, -0.25) is 0 Å². The number of thiazole rings is 1. The second kappa shape index (κ2) is 7.48. The van der Waals surface area contributed by atoms with E-state index in [2.05, 4.69) is 71.5 Å². The molecule has 1 atom stereocenters. The van der Waals surface area contributed by atoms with Crippen LogP contribution < -0.4 is 19.9 Å². The fourth-order valence-corrected chi connectivity index (χ4v) is 5.36. The summed E-state index contributed by atoms with van der Waals surface area (Å²) in [6.45, 7) is 2.04. The summed E-state index contributed by atoms with van der Waals surface area (Å²) in [6, 6.07) is 20.7. The van der Waals surface area contributed by atoms with E-state index < -0.39 is 0 Å². The molecule has 1 saturated heterocycles. The first-order valence-corrected chi connectivity index (χ1v) is 11.2. The molecule has 2 heterocycles. The molecule has 1 fully saturated rings. The van der Waals surface area contributed by atoms with Crippen LogP contribution in [-0.4, -0.2) is 26.0 Å². The number of carbonyl (C=O) groups is 1. The van der Waals surface area contributed by atoms with Crippen LogP contribution in [0.5, 0.6) is 0 Å². The Balaban J connectivity index is 1.58. The van der Waals surface area contributed by atoms with E-state index in [-0.39, 0.29) is 11.9 Å². The fourth-order valence-electron chi connectivity index (χ4n) is 4.24. The van der Waals surface area contributed by atoms with Crippen LogP contribution in [0.15, 0.2) is 66.2 Å². The first-order chi connectivity index (χ1) is 15.0. The van der Waals surface area contributed by atoms with Gasteiger partial charge in [0.1, 0.15) is 5.52 Å². The van der Waals surface area contributed by atoms with Crippen molar-refractivity contribution in [3.63, 3.8) is 0 Å². The molecule has 1 aliphatic rings. The summed E-state index contributed by atoms with van der Waals surface area (Å²) in [4.78, 5) is 15.6. The van der Waals surface area contributed by atoms with Crippen molar-refractivity contribution in [1.82, 2.24) is 5.43 Å². The van der Waals surface area contributed by atoms with Gasteiger partial charge in [0.05, 0.1) is 23.4 Å². The van der Waals surface area contributed by atoms with Crippen molar-refractivity contribution in [2.75, 3.05) is 24.0 Å².